The minimum atomic E-state index is -0.644. The molecule has 19 heavy (non-hydrogen) atoms. The van der Waals surface area contributed by atoms with Gasteiger partial charge < -0.3 is 5.32 Å². The van der Waals surface area contributed by atoms with E-state index in [1.54, 1.807) is 0 Å². The Balaban J connectivity index is 1.64. The van der Waals surface area contributed by atoms with Crippen LogP contribution in [0.3, 0.4) is 0 Å². The van der Waals surface area contributed by atoms with Crippen LogP contribution in [-0.2, 0) is 14.4 Å². The Labute approximate surface area is 112 Å². The fourth-order valence-corrected chi connectivity index (χ4v) is 3.85. The second-order valence-corrected chi connectivity index (χ2v) is 5.98. The Kier molecular flexibility index (Phi) is 3.17. The van der Waals surface area contributed by atoms with Gasteiger partial charge in [-0.15, -0.1) is 0 Å². The van der Waals surface area contributed by atoms with Gasteiger partial charge in [0.1, 0.15) is 11.6 Å². The van der Waals surface area contributed by atoms with Crippen molar-refractivity contribution in [3.8, 4) is 0 Å². The fourth-order valence-electron chi connectivity index (χ4n) is 3.85. The third-order valence-corrected chi connectivity index (χ3v) is 5.04. The van der Waals surface area contributed by atoms with E-state index >= 15 is 0 Å². The van der Waals surface area contributed by atoms with Crippen LogP contribution < -0.4 is 5.32 Å². The molecular weight excluding hydrogens is 244 g/mol. The maximum Gasteiger partial charge on any atom is 0.234 e. The summed E-state index contributed by atoms with van der Waals surface area (Å²) in [6.07, 6.45) is 3.99. The number of rotatable bonds is 1. The van der Waals surface area contributed by atoms with Crippen LogP contribution in [0.4, 0.5) is 0 Å². The predicted molar refractivity (Wildman–Crippen MR) is 68.5 cm³/mol. The third-order valence-electron chi connectivity index (χ3n) is 5.04. The SMILES string of the molecule is O=C1CN(C2CCC3(CC2)C(=O)CCC3=O)CCN1. The lowest BCUT2D eigenvalue weighted by molar-refractivity contribution is -0.138. The van der Waals surface area contributed by atoms with E-state index in [2.05, 4.69) is 10.2 Å². The van der Waals surface area contributed by atoms with Crippen molar-refractivity contribution in [1.29, 1.82) is 0 Å². The highest BCUT2D eigenvalue weighted by Crippen LogP contribution is 2.45. The molecule has 104 valence electrons. The van der Waals surface area contributed by atoms with Crippen LogP contribution in [0, 0.1) is 5.41 Å². The molecule has 3 aliphatic rings. The Hall–Kier alpha value is -1.23. The lowest BCUT2D eigenvalue weighted by Gasteiger charge is -2.41. The number of piperazine rings is 1. The second-order valence-electron chi connectivity index (χ2n) is 5.98. The van der Waals surface area contributed by atoms with Crippen LogP contribution in [0.5, 0.6) is 0 Å². The second kappa shape index (κ2) is 4.71. The van der Waals surface area contributed by atoms with Gasteiger partial charge in [-0.1, -0.05) is 0 Å². The van der Waals surface area contributed by atoms with Crippen LogP contribution >= 0.6 is 0 Å². The van der Waals surface area contributed by atoms with Gasteiger partial charge in [-0.25, -0.2) is 0 Å². The Bertz CT molecular complexity index is 406. The molecule has 0 bridgehead atoms. The highest BCUT2D eigenvalue weighted by atomic mass is 16.2. The van der Waals surface area contributed by atoms with Crippen LogP contribution in [0.15, 0.2) is 0 Å². The van der Waals surface area contributed by atoms with E-state index in [0.717, 1.165) is 19.4 Å². The maximum absolute atomic E-state index is 12.0. The summed E-state index contributed by atoms with van der Waals surface area (Å²) in [6, 6.07) is 0.359. The molecule has 0 unspecified atom stereocenters. The van der Waals surface area contributed by atoms with Crippen molar-refractivity contribution in [1.82, 2.24) is 10.2 Å². The number of Topliss-reactive ketones (excluding diaryl/α,β-unsaturated/α-hetero) is 2. The van der Waals surface area contributed by atoms with E-state index in [1.165, 1.54) is 0 Å². The summed E-state index contributed by atoms with van der Waals surface area (Å²) in [6.45, 7) is 2.04. The van der Waals surface area contributed by atoms with Gasteiger partial charge in [0.2, 0.25) is 5.91 Å². The molecule has 3 rings (SSSR count). The lowest BCUT2D eigenvalue weighted by Crippen LogP contribution is -2.53. The summed E-state index contributed by atoms with van der Waals surface area (Å²) in [4.78, 5) is 37.6. The zero-order valence-corrected chi connectivity index (χ0v) is 11.1. The van der Waals surface area contributed by atoms with Crippen LogP contribution in [-0.4, -0.2) is 48.0 Å². The summed E-state index contributed by atoms with van der Waals surface area (Å²) < 4.78 is 0. The molecule has 0 aromatic carbocycles. The molecule has 1 N–H and O–H groups in total. The number of amides is 1. The van der Waals surface area contributed by atoms with E-state index in [0.29, 0.717) is 44.8 Å². The van der Waals surface area contributed by atoms with Gasteiger partial charge in [0.05, 0.1) is 12.0 Å². The zero-order chi connectivity index (χ0) is 13.5. The molecule has 1 aliphatic heterocycles. The van der Waals surface area contributed by atoms with E-state index in [9.17, 15) is 14.4 Å². The van der Waals surface area contributed by atoms with Gasteiger partial charge in [0.25, 0.3) is 0 Å². The number of carbonyl (C=O) groups is 3. The molecule has 0 aromatic rings. The summed E-state index contributed by atoms with van der Waals surface area (Å²) in [5, 5.41) is 2.82. The van der Waals surface area contributed by atoms with Gasteiger partial charge in [-0.3, -0.25) is 19.3 Å². The first-order valence-corrected chi connectivity index (χ1v) is 7.19. The predicted octanol–water partition coefficient (Wildman–Crippen LogP) is 0.279. The Morgan fingerprint density at radius 1 is 1.05 bits per heavy atom. The monoisotopic (exact) mass is 264 g/mol. The topological polar surface area (TPSA) is 66.5 Å². The Morgan fingerprint density at radius 2 is 1.68 bits per heavy atom. The quantitative estimate of drug-likeness (QED) is 0.691. The molecule has 1 spiro atoms. The summed E-state index contributed by atoms with van der Waals surface area (Å²) in [5.41, 5.74) is -0.644. The molecular formula is C14H20N2O3. The molecule has 2 aliphatic carbocycles. The molecule has 1 saturated heterocycles. The average Bonchev–Trinajstić information content (AvgIpc) is 2.68. The van der Waals surface area contributed by atoms with E-state index in [-0.39, 0.29) is 17.5 Å². The fraction of sp³-hybridized carbons (Fsp3) is 0.786. The molecule has 0 radical (unpaired) electrons. The van der Waals surface area contributed by atoms with Crippen molar-refractivity contribution in [3.63, 3.8) is 0 Å². The molecule has 1 amide bonds. The standard InChI is InChI=1S/C14H20N2O3/c17-11-1-2-12(18)14(11)5-3-10(4-6-14)16-8-7-15-13(19)9-16/h10H,1-9H2,(H,15,19). The number of nitrogens with zero attached hydrogens (tertiary/aromatic N) is 1. The van der Waals surface area contributed by atoms with Gasteiger partial charge in [-0.2, -0.15) is 0 Å². The molecule has 5 heteroatoms. The summed E-state index contributed by atoms with van der Waals surface area (Å²) >= 11 is 0. The van der Waals surface area contributed by atoms with Crippen molar-refractivity contribution < 1.29 is 14.4 Å². The van der Waals surface area contributed by atoms with E-state index in [4.69, 9.17) is 0 Å². The first-order chi connectivity index (χ1) is 9.12. The molecule has 3 fully saturated rings. The minimum absolute atomic E-state index is 0.0829. The van der Waals surface area contributed by atoms with E-state index < -0.39 is 5.41 Å². The van der Waals surface area contributed by atoms with Crippen LogP contribution in [0.25, 0.3) is 0 Å². The first-order valence-electron chi connectivity index (χ1n) is 7.19. The third kappa shape index (κ3) is 2.10. The number of ketones is 2. The first kappa shape index (κ1) is 12.8. The van der Waals surface area contributed by atoms with Crippen molar-refractivity contribution in [2.24, 2.45) is 5.41 Å². The molecule has 0 atom stereocenters. The largest absolute Gasteiger partial charge is 0.354 e. The highest BCUT2D eigenvalue weighted by molar-refractivity contribution is 6.12. The maximum atomic E-state index is 12.0. The molecule has 5 nitrogen and oxygen atoms in total. The van der Waals surface area contributed by atoms with Crippen LogP contribution in [0.2, 0.25) is 0 Å². The number of hydrogen-bond acceptors (Lipinski definition) is 4. The average molecular weight is 264 g/mol. The lowest BCUT2D eigenvalue weighted by atomic mass is 9.70. The molecule has 1 heterocycles. The smallest absolute Gasteiger partial charge is 0.234 e. The van der Waals surface area contributed by atoms with E-state index in [1.807, 2.05) is 0 Å². The van der Waals surface area contributed by atoms with Crippen molar-refractivity contribution in [2.45, 2.75) is 44.6 Å². The molecule has 0 aromatic heterocycles. The van der Waals surface area contributed by atoms with Crippen molar-refractivity contribution in [2.75, 3.05) is 19.6 Å². The Morgan fingerprint density at radius 3 is 2.26 bits per heavy atom. The number of carbonyl (C=O) groups excluding carboxylic acids is 3. The zero-order valence-electron chi connectivity index (χ0n) is 11.1. The van der Waals surface area contributed by atoms with Gasteiger partial charge >= 0.3 is 0 Å². The minimum Gasteiger partial charge on any atom is -0.354 e. The summed E-state index contributed by atoms with van der Waals surface area (Å²) in [5.74, 6) is 0.402. The normalized spacial score (nSPS) is 28.9. The number of nitrogens with one attached hydrogen (secondary N) is 1. The molecule has 2 saturated carbocycles. The summed E-state index contributed by atoms with van der Waals surface area (Å²) in [7, 11) is 0. The van der Waals surface area contributed by atoms with Crippen molar-refractivity contribution >= 4 is 17.5 Å². The van der Waals surface area contributed by atoms with Gasteiger partial charge in [0.15, 0.2) is 0 Å². The van der Waals surface area contributed by atoms with Gasteiger partial charge in [0, 0.05) is 32.0 Å². The highest BCUT2D eigenvalue weighted by Gasteiger charge is 2.51. The van der Waals surface area contributed by atoms with Crippen LogP contribution in [0.1, 0.15) is 38.5 Å². The number of hydrogen-bond donors (Lipinski definition) is 1. The van der Waals surface area contributed by atoms with Gasteiger partial charge in [-0.05, 0) is 25.7 Å². The van der Waals surface area contributed by atoms with Crippen molar-refractivity contribution in [3.05, 3.63) is 0 Å².